The maximum Gasteiger partial charge on any atom is 0.286 e. The van der Waals surface area contributed by atoms with E-state index < -0.39 is 33.4 Å². The molecule has 2 N–H and O–H groups in total. The monoisotopic (exact) mass is 387 g/mol. The van der Waals surface area contributed by atoms with E-state index in [1.165, 1.54) is 0 Å². The Kier molecular flexibility index (Phi) is 4.98. The topological polar surface area (TPSA) is 101 Å². The maximum atomic E-state index is 14.0. The highest BCUT2D eigenvalue weighted by atomic mass is 79.9. The van der Waals surface area contributed by atoms with Crippen LogP contribution in [-0.4, -0.2) is 28.8 Å². The third kappa shape index (κ3) is 3.66. The summed E-state index contributed by atoms with van der Waals surface area (Å²) in [6.07, 6.45) is 1.49. The highest BCUT2D eigenvalue weighted by Crippen LogP contribution is 2.27. The molecule has 1 aromatic carbocycles. The van der Waals surface area contributed by atoms with E-state index in [1.54, 1.807) is 0 Å². The second-order valence-electron chi connectivity index (χ2n) is 5.40. The van der Waals surface area contributed by atoms with Crippen LogP contribution in [0, 0.1) is 15.9 Å². The Morgan fingerprint density at radius 2 is 2.26 bits per heavy atom. The smallest absolute Gasteiger partial charge is 0.286 e. The summed E-state index contributed by atoms with van der Waals surface area (Å²) >= 11 is 2.96. The van der Waals surface area contributed by atoms with Crippen LogP contribution in [-0.2, 0) is 4.79 Å². The van der Waals surface area contributed by atoms with E-state index in [4.69, 9.17) is 0 Å². The number of carbonyl (C=O) groups excluding carboxylic acids is 2. The van der Waals surface area contributed by atoms with E-state index in [9.17, 15) is 24.1 Å². The molecule has 1 heterocycles. The molecule has 0 radical (unpaired) electrons. The van der Waals surface area contributed by atoms with Gasteiger partial charge in [0.1, 0.15) is 5.82 Å². The molecule has 1 atom stereocenters. The lowest BCUT2D eigenvalue weighted by atomic mass is 9.94. The first-order valence-electron chi connectivity index (χ1n) is 7.00. The molecule has 9 heteroatoms. The van der Waals surface area contributed by atoms with Gasteiger partial charge in [-0.2, -0.15) is 0 Å². The molecule has 1 saturated heterocycles. The van der Waals surface area contributed by atoms with Gasteiger partial charge in [0, 0.05) is 23.5 Å². The molecule has 0 aromatic heterocycles. The zero-order chi connectivity index (χ0) is 17.2. The van der Waals surface area contributed by atoms with E-state index in [2.05, 4.69) is 26.6 Å². The van der Waals surface area contributed by atoms with Crippen LogP contribution in [0.5, 0.6) is 0 Å². The fourth-order valence-corrected chi connectivity index (χ4v) is 2.98. The second kappa shape index (κ2) is 6.61. The number of nitro groups is 1. The van der Waals surface area contributed by atoms with Gasteiger partial charge in [0.25, 0.3) is 11.6 Å². The van der Waals surface area contributed by atoms with Crippen molar-refractivity contribution >= 4 is 33.4 Å². The van der Waals surface area contributed by atoms with Crippen LogP contribution >= 0.6 is 15.9 Å². The maximum absolute atomic E-state index is 14.0. The minimum absolute atomic E-state index is 0.0841. The highest BCUT2D eigenvalue weighted by Gasteiger charge is 2.37. The summed E-state index contributed by atoms with van der Waals surface area (Å²) in [6.45, 7) is 1.95. The van der Waals surface area contributed by atoms with E-state index in [0.717, 1.165) is 12.1 Å². The number of carbonyl (C=O) groups is 2. The van der Waals surface area contributed by atoms with Gasteiger partial charge in [-0.25, -0.2) is 4.39 Å². The number of nitrogens with zero attached hydrogens (tertiary/aromatic N) is 1. The molecule has 0 saturated carbocycles. The normalized spacial score (nSPS) is 20.2. The van der Waals surface area contributed by atoms with Crippen LogP contribution in [0.1, 0.15) is 36.5 Å². The van der Waals surface area contributed by atoms with Crippen molar-refractivity contribution in [1.29, 1.82) is 0 Å². The summed E-state index contributed by atoms with van der Waals surface area (Å²) in [5, 5.41) is 16.3. The second-order valence-corrected chi connectivity index (χ2v) is 6.32. The van der Waals surface area contributed by atoms with Crippen LogP contribution in [0.2, 0.25) is 0 Å². The molecular weight excluding hydrogens is 373 g/mol. The summed E-state index contributed by atoms with van der Waals surface area (Å²) in [4.78, 5) is 33.8. The van der Waals surface area contributed by atoms with Crippen LogP contribution in [0.4, 0.5) is 10.1 Å². The van der Waals surface area contributed by atoms with E-state index >= 15 is 0 Å². The van der Waals surface area contributed by atoms with Gasteiger partial charge in [0.2, 0.25) is 5.91 Å². The SMILES string of the molecule is CCC1(CNC(=O)c2c(F)cc(Br)cc2[N+](=O)[O-])CCC(=O)N1. The molecular formula is C14H15BrFN3O4. The third-order valence-electron chi connectivity index (χ3n) is 3.96. The van der Waals surface area contributed by atoms with Crippen molar-refractivity contribution < 1.29 is 18.9 Å². The third-order valence-corrected chi connectivity index (χ3v) is 4.42. The van der Waals surface area contributed by atoms with Crippen LogP contribution < -0.4 is 10.6 Å². The molecule has 0 spiro atoms. The Morgan fingerprint density at radius 3 is 2.78 bits per heavy atom. The van der Waals surface area contributed by atoms with Gasteiger partial charge in [-0.05, 0) is 18.9 Å². The Hall–Kier alpha value is -2.03. The molecule has 0 aliphatic carbocycles. The van der Waals surface area contributed by atoms with E-state index in [-0.39, 0.29) is 16.9 Å². The Balaban J connectivity index is 2.21. The van der Waals surface area contributed by atoms with Crippen molar-refractivity contribution in [2.45, 2.75) is 31.7 Å². The van der Waals surface area contributed by atoms with Crippen LogP contribution in [0.15, 0.2) is 16.6 Å². The van der Waals surface area contributed by atoms with Crippen LogP contribution in [0.3, 0.4) is 0 Å². The van der Waals surface area contributed by atoms with Gasteiger partial charge >= 0.3 is 0 Å². The standard InChI is InChI=1S/C14H15BrFN3O4/c1-2-14(4-3-11(20)18-14)7-17-13(21)12-9(16)5-8(15)6-10(12)19(22)23/h5-6H,2-4,7H2,1H3,(H,17,21)(H,18,20). The van der Waals surface area contributed by atoms with Gasteiger partial charge in [-0.1, -0.05) is 22.9 Å². The predicted molar refractivity (Wildman–Crippen MR) is 83.5 cm³/mol. The minimum Gasteiger partial charge on any atom is -0.349 e. The summed E-state index contributed by atoms with van der Waals surface area (Å²) < 4.78 is 14.2. The van der Waals surface area contributed by atoms with Crippen molar-refractivity contribution in [2.75, 3.05) is 6.54 Å². The minimum atomic E-state index is -0.982. The molecule has 7 nitrogen and oxygen atoms in total. The van der Waals surface area contributed by atoms with Gasteiger partial charge in [-0.3, -0.25) is 19.7 Å². The van der Waals surface area contributed by atoms with Gasteiger partial charge < -0.3 is 10.6 Å². The van der Waals surface area contributed by atoms with Crippen LogP contribution in [0.25, 0.3) is 0 Å². The summed E-state index contributed by atoms with van der Waals surface area (Å²) in [6, 6.07) is 2.07. The van der Waals surface area contributed by atoms with Gasteiger partial charge in [0.15, 0.2) is 5.56 Å². The summed E-state index contributed by atoms with van der Waals surface area (Å²) in [5.74, 6) is -1.97. The number of hydrogen-bond acceptors (Lipinski definition) is 4. The van der Waals surface area contributed by atoms with Crippen molar-refractivity contribution in [3.63, 3.8) is 0 Å². The zero-order valence-corrected chi connectivity index (χ0v) is 13.9. The van der Waals surface area contributed by atoms with E-state index in [1.807, 2.05) is 6.92 Å². The number of halogens is 2. The van der Waals surface area contributed by atoms with Gasteiger partial charge in [0.05, 0.1) is 10.5 Å². The molecule has 2 amide bonds. The lowest BCUT2D eigenvalue weighted by molar-refractivity contribution is -0.385. The number of amides is 2. The average molecular weight is 388 g/mol. The number of benzene rings is 1. The fraction of sp³-hybridized carbons (Fsp3) is 0.429. The van der Waals surface area contributed by atoms with Crippen molar-refractivity contribution in [2.24, 2.45) is 0 Å². The Morgan fingerprint density at radius 1 is 1.57 bits per heavy atom. The van der Waals surface area contributed by atoms with Crippen molar-refractivity contribution in [3.8, 4) is 0 Å². The fourth-order valence-electron chi connectivity index (χ4n) is 2.56. The summed E-state index contributed by atoms with van der Waals surface area (Å²) in [7, 11) is 0. The number of nitrogens with one attached hydrogen (secondary N) is 2. The zero-order valence-electron chi connectivity index (χ0n) is 12.3. The Labute approximate surface area is 139 Å². The largest absolute Gasteiger partial charge is 0.349 e. The molecule has 1 aliphatic heterocycles. The molecule has 2 rings (SSSR count). The van der Waals surface area contributed by atoms with Crippen molar-refractivity contribution in [3.05, 3.63) is 38.1 Å². The van der Waals surface area contributed by atoms with E-state index in [0.29, 0.717) is 19.3 Å². The molecule has 1 aromatic rings. The molecule has 0 bridgehead atoms. The first kappa shape index (κ1) is 17.3. The lowest BCUT2D eigenvalue weighted by Crippen LogP contribution is -2.50. The predicted octanol–water partition coefficient (Wildman–Crippen LogP) is 2.29. The number of nitro benzene ring substituents is 1. The molecule has 23 heavy (non-hydrogen) atoms. The van der Waals surface area contributed by atoms with Gasteiger partial charge in [-0.15, -0.1) is 0 Å². The molecule has 124 valence electrons. The number of hydrogen-bond donors (Lipinski definition) is 2. The average Bonchev–Trinajstić information content (AvgIpc) is 2.86. The Bertz CT molecular complexity index is 682. The molecule has 1 aliphatic rings. The lowest BCUT2D eigenvalue weighted by Gasteiger charge is -2.27. The first-order chi connectivity index (χ1) is 10.8. The number of rotatable bonds is 5. The first-order valence-corrected chi connectivity index (χ1v) is 7.80. The van der Waals surface area contributed by atoms with Crippen molar-refractivity contribution in [1.82, 2.24) is 10.6 Å². The summed E-state index contributed by atoms with van der Waals surface area (Å²) in [5.41, 5.74) is -1.82. The molecule has 1 fully saturated rings. The highest BCUT2D eigenvalue weighted by molar-refractivity contribution is 9.10. The quantitative estimate of drug-likeness (QED) is 0.597. The molecule has 1 unspecified atom stereocenters.